The first-order chi connectivity index (χ1) is 12.3. The maximum absolute atomic E-state index is 12.2. The highest BCUT2D eigenvalue weighted by atomic mass is 16.6. The van der Waals surface area contributed by atoms with Gasteiger partial charge in [-0.05, 0) is 31.0 Å². The number of ether oxygens (including phenoxy) is 1. The fraction of sp³-hybridized carbons (Fsp3) is 0.263. The van der Waals surface area contributed by atoms with Crippen LogP contribution in [0.3, 0.4) is 0 Å². The van der Waals surface area contributed by atoms with Gasteiger partial charge in [-0.15, -0.1) is 0 Å². The van der Waals surface area contributed by atoms with E-state index in [0.717, 1.165) is 17.2 Å². The molecule has 0 fully saturated rings. The van der Waals surface area contributed by atoms with Crippen LogP contribution in [0.5, 0.6) is 0 Å². The summed E-state index contributed by atoms with van der Waals surface area (Å²) in [6.45, 7) is 3.51. The number of hydrogen-bond donors (Lipinski definition) is 0. The molecule has 0 heterocycles. The van der Waals surface area contributed by atoms with Crippen molar-refractivity contribution in [3.63, 3.8) is 0 Å². The minimum Gasteiger partial charge on any atom is -0.452 e. The van der Waals surface area contributed by atoms with Crippen LogP contribution in [-0.4, -0.2) is 35.4 Å². The number of nitro benzene ring substituents is 1. The SMILES string of the molecule is Cc1ccccc1CN(C)C(=O)COC(=O)c1ccc(C)c([N+](=O)[O-])c1. The number of rotatable bonds is 6. The predicted octanol–water partition coefficient (Wildman–Crippen LogP) is 3.03. The van der Waals surface area contributed by atoms with Crippen molar-refractivity contribution in [3.8, 4) is 0 Å². The molecular weight excluding hydrogens is 336 g/mol. The third-order valence-corrected chi connectivity index (χ3v) is 4.06. The number of carbonyl (C=O) groups excluding carboxylic acids is 2. The lowest BCUT2D eigenvalue weighted by atomic mass is 10.1. The molecule has 0 unspecified atom stereocenters. The minimum atomic E-state index is -0.772. The molecule has 26 heavy (non-hydrogen) atoms. The maximum Gasteiger partial charge on any atom is 0.338 e. The Balaban J connectivity index is 1.96. The van der Waals surface area contributed by atoms with Gasteiger partial charge in [0.05, 0.1) is 10.5 Å². The van der Waals surface area contributed by atoms with Crippen LogP contribution in [0.2, 0.25) is 0 Å². The molecule has 0 spiro atoms. The van der Waals surface area contributed by atoms with E-state index in [2.05, 4.69) is 0 Å². The summed E-state index contributed by atoms with van der Waals surface area (Å²) in [6, 6.07) is 11.8. The molecule has 0 aliphatic heterocycles. The Morgan fingerprint density at radius 1 is 1.12 bits per heavy atom. The lowest BCUT2D eigenvalue weighted by molar-refractivity contribution is -0.385. The van der Waals surface area contributed by atoms with Crippen LogP contribution >= 0.6 is 0 Å². The summed E-state index contributed by atoms with van der Waals surface area (Å²) in [5.41, 5.74) is 2.39. The van der Waals surface area contributed by atoms with E-state index >= 15 is 0 Å². The number of likely N-dealkylation sites (N-methyl/N-ethyl adjacent to an activating group) is 1. The topological polar surface area (TPSA) is 89.8 Å². The van der Waals surface area contributed by atoms with Gasteiger partial charge in [0.25, 0.3) is 11.6 Å². The number of nitrogens with zero attached hydrogens (tertiary/aromatic N) is 2. The van der Waals surface area contributed by atoms with E-state index < -0.39 is 17.5 Å². The van der Waals surface area contributed by atoms with Crippen molar-refractivity contribution in [3.05, 3.63) is 74.8 Å². The molecule has 0 aliphatic rings. The van der Waals surface area contributed by atoms with Crippen molar-refractivity contribution in [1.29, 1.82) is 0 Å². The highest BCUT2D eigenvalue weighted by molar-refractivity contribution is 5.92. The Kier molecular flexibility index (Phi) is 6.06. The molecule has 2 rings (SSSR count). The Morgan fingerprint density at radius 2 is 1.81 bits per heavy atom. The molecule has 0 aromatic heterocycles. The van der Waals surface area contributed by atoms with Crippen LogP contribution in [0.25, 0.3) is 0 Å². The van der Waals surface area contributed by atoms with Crippen molar-refractivity contribution in [2.24, 2.45) is 0 Å². The lowest BCUT2D eigenvalue weighted by Crippen LogP contribution is -2.31. The molecule has 0 saturated carbocycles. The number of nitro groups is 1. The van der Waals surface area contributed by atoms with E-state index in [1.165, 1.54) is 17.0 Å². The number of amides is 1. The van der Waals surface area contributed by atoms with Crippen LogP contribution in [0.4, 0.5) is 5.69 Å². The van der Waals surface area contributed by atoms with Gasteiger partial charge in [0.2, 0.25) is 0 Å². The molecular formula is C19H20N2O5. The first kappa shape index (κ1) is 19.1. The smallest absolute Gasteiger partial charge is 0.338 e. The molecule has 7 nitrogen and oxygen atoms in total. The van der Waals surface area contributed by atoms with Gasteiger partial charge >= 0.3 is 5.97 Å². The molecule has 136 valence electrons. The summed E-state index contributed by atoms with van der Waals surface area (Å²) in [5.74, 6) is -1.13. The van der Waals surface area contributed by atoms with E-state index in [1.807, 2.05) is 31.2 Å². The number of hydrogen-bond acceptors (Lipinski definition) is 5. The summed E-state index contributed by atoms with van der Waals surface area (Å²) in [7, 11) is 1.62. The first-order valence-electron chi connectivity index (χ1n) is 8.00. The second kappa shape index (κ2) is 8.24. The summed E-state index contributed by atoms with van der Waals surface area (Å²) >= 11 is 0. The van der Waals surface area contributed by atoms with Crippen molar-refractivity contribution >= 4 is 17.6 Å². The average molecular weight is 356 g/mol. The van der Waals surface area contributed by atoms with Gasteiger partial charge in [0.15, 0.2) is 6.61 Å². The lowest BCUT2D eigenvalue weighted by Gasteiger charge is -2.18. The molecule has 0 atom stereocenters. The molecule has 0 saturated heterocycles. The monoisotopic (exact) mass is 356 g/mol. The zero-order valence-corrected chi connectivity index (χ0v) is 14.9. The van der Waals surface area contributed by atoms with Crippen LogP contribution in [-0.2, 0) is 16.1 Å². The second-order valence-electron chi connectivity index (χ2n) is 6.01. The first-order valence-corrected chi connectivity index (χ1v) is 8.00. The number of carbonyl (C=O) groups is 2. The fourth-order valence-corrected chi connectivity index (χ4v) is 2.39. The number of aryl methyl sites for hydroxylation is 2. The Bertz CT molecular complexity index is 848. The highest BCUT2D eigenvalue weighted by Gasteiger charge is 2.18. The predicted molar refractivity (Wildman–Crippen MR) is 95.8 cm³/mol. The minimum absolute atomic E-state index is 0.0386. The maximum atomic E-state index is 12.2. The summed E-state index contributed by atoms with van der Waals surface area (Å²) in [5, 5.41) is 10.9. The van der Waals surface area contributed by atoms with Gasteiger partial charge < -0.3 is 9.64 Å². The van der Waals surface area contributed by atoms with Gasteiger partial charge in [0, 0.05) is 25.2 Å². The van der Waals surface area contributed by atoms with Gasteiger partial charge in [-0.2, -0.15) is 0 Å². The average Bonchev–Trinajstić information content (AvgIpc) is 2.61. The van der Waals surface area contributed by atoms with Crippen molar-refractivity contribution < 1.29 is 19.2 Å². The van der Waals surface area contributed by atoms with Crippen molar-refractivity contribution in [1.82, 2.24) is 4.90 Å². The van der Waals surface area contributed by atoms with Gasteiger partial charge in [0.1, 0.15) is 0 Å². The third kappa shape index (κ3) is 4.66. The van der Waals surface area contributed by atoms with Gasteiger partial charge in [-0.25, -0.2) is 4.79 Å². The number of benzene rings is 2. The highest BCUT2D eigenvalue weighted by Crippen LogP contribution is 2.19. The molecule has 0 radical (unpaired) electrons. The summed E-state index contributed by atoms with van der Waals surface area (Å²) < 4.78 is 5.00. The van der Waals surface area contributed by atoms with Crippen molar-refractivity contribution in [2.45, 2.75) is 20.4 Å². The zero-order valence-electron chi connectivity index (χ0n) is 14.9. The standard InChI is InChI=1S/C19H20N2O5/c1-13-6-4-5-7-16(13)11-20(3)18(22)12-26-19(23)15-9-8-14(2)17(10-15)21(24)25/h4-10H,11-12H2,1-3H3. The Hall–Kier alpha value is -3.22. The van der Waals surface area contributed by atoms with Gasteiger partial charge in [-0.3, -0.25) is 14.9 Å². The van der Waals surface area contributed by atoms with Crippen LogP contribution < -0.4 is 0 Å². The van der Waals surface area contributed by atoms with Crippen molar-refractivity contribution in [2.75, 3.05) is 13.7 Å². The largest absolute Gasteiger partial charge is 0.452 e. The molecule has 0 aliphatic carbocycles. The Labute approximate surface area is 151 Å². The van der Waals surface area contributed by atoms with E-state index in [1.54, 1.807) is 14.0 Å². The molecule has 0 N–H and O–H groups in total. The summed E-state index contributed by atoms with van der Waals surface area (Å²) in [4.78, 5) is 36.1. The number of esters is 1. The third-order valence-electron chi connectivity index (χ3n) is 4.06. The molecule has 0 bridgehead atoms. The fourth-order valence-electron chi connectivity index (χ4n) is 2.39. The molecule has 7 heteroatoms. The van der Waals surface area contributed by atoms with E-state index in [9.17, 15) is 19.7 Å². The van der Waals surface area contributed by atoms with Crippen LogP contribution in [0.15, 0.2) is 42.5 Å². The molecule has 2 aromatic rings. The summed E-state index contributed by atoms with van der Waals surface area (Å²) in [6.07, 6.45) is 0. The normalized spacial score (nSPS) is 10.3. The van der Waals surface area contributed by atoms with Crippen LogP contribution in [0, 0.1) is 24.0 Å². The van der Waals surface area contributed by atoms with Crippen LogP contribution in [0.1, 0.15) is 27.0 Å². The van der Waals surface area contributed by atoms with E-state index in [-0.39, 0.29) is 17.2 Å². The zero-order chi connectivity index (χ0) is 19.3. The van der Waals surface area contributed by atoms with E-state index in [4.69, 9.17) is 4.74 Å². The van der Waals surface area contributed by atoms with E-state index in [0.29, 0.717) is 12.1 Å². The molecule has 2 aromatic carbocycles. The quantitative estimate of drug-likeness (QED) is 0.451. The Morgan fingerprint density at radius 3 is 2.46 bits per heavy atom. The second-order valence-corrected chi connectivity index (χ2v) is 6.01. The molecule has 1 amide bonds. The van der Waals surface area contributed by atoms with Gasteiger partial charge in [-0.1, -0.05) is 30.3 Å².